The van der Waals surface area contributed by atoms with E-state index in [9.17, 15) is 57.5 Å². The number of carbonyl (C=O) groups is 2. The summed E-state index contributed by atoms with van der Waals surface area (Å²) < 4.78 is 139. The van der Waals surface area contributed by atoms with Gasteiger partial charge in [-0.15, -0.1) is 0 Å². The molecule has 0 heterocycles. The summed E-state index contributed by atoms with van der Waals surface area (Å²) in [6.07, 6.45) is 6.19. The van der Waals surface area contributed by atoms with Crippen molar-refractivity contribution < 1.29 is 67.0 Å². The first-order valence-corrected chi connectivity index (χ1v) is 19.2. The van der Waals surface area contributed by atoms with Crippen molar-refractivity contribution in [1.29, 1.82) is 0 Å². The van der Waals surface area contributed by atoms with E-state index in [0.717, 1.165) is 77.0 Å². The van der Waals surface area contributed by atoms with Crippen molar-refractivity contribution in [2.75, 3.05) is 19.0 Å². The lowest BCUT2D eigenvalue weighted by atomic mass is 9.49. The number of carbonyl (C=O) groups excluding carboxylic acids is 2. The van der Waals surface area contributed by atoms with Crippen molar-refractivity contribution in [3.05, 3.63) is 0 Å². The Labute approximate surface area is 271 Å². The Bertz CT molecular complexity index is 1350. The molecule has 8 bridgehead atoms. The predicted molar refractivity (Wildman–Crippen MR) is 151 cm³/mol. The Balaban J connectivity index is 0.000000185. The lowest BCUT2D eigenvalue weighted by Gasteiger charge is -2.55. The normalized spacial score (nSPS) is 36.4. The monoisotopic (exact) mass is 720 g/mol. The van der Waals surface area contributed by atoms with Gasteiger partial charge in [-0.2, -0.15) is 8.78 Å². The molecule has 8 saturated carbocycles. The van der Waals surface area contributed by atoms with Crippen LogP contribution in [-0.2, 0) is 39.3 Å². The second-order valence-electron chi connectivity index (χ2n) is 15.2. The molecular weight excluding hydrogens is 679 g/mol. The first-order valence-electron chi connectivity index (χ1n) is 16.2. The summed E-state index contributed by atoms with van der Waals surface area (Å²) in [6.45, 7) is -1.21. The third-order valence-corrected chi connectivity index (χ3v) is 13.0. The van der Waals surface area contributed by atoms with Gasteiger partial charge in [-0.05, 0) is 113 Å². The molecule has 0 aromatic rings. The van der Waals surface area contributed by atoms with Crippen molar-refractivity contribution in [2.45, 2.75) is 107 Å². The fourth-order valence-electron chi connectivity index (χ4n) is 10.2. The first-order chi connectivity index (χ1) is 21.6. The highest BCUT2D eigenvalue weighted by molar-refractivity contribution is 7.86. The van der Waals surface area contributed by atoms with E-state index in [0.29, 0.717) is 35.5 Å². The van der Waals surface area contributed by atoms with Crippen molar-refractivity contribution in [3.63, 3.8) is 0 Å². The Morgan fingerprint density at radius 1 is 0.681 bits per heavy atom. The maximum atomic E-state index is 13.4. The number of esters is 2. The largest absolute Gasteiger partial charge is 0.748 e. The molecule has 8 rings (SSSR count). The molecule has 1 atom stereocenters. The smallest absolute Gasteiger partial charge is 0.364 e. The lowest BCUT2D eigenvalue weighted by Crippen LogP contribution is -2.50. The van der Waals surface area contributed by atoms with Gasteiger partial charge in [-0.3, -0.25) is 9.59 Å². The van der Waals surface area contributed by atoms with E-state index in [1.807, 2.05) is 0 Å². The summed E-state index contributed by atoms with van der Waals surface area (Å²) in [7, 11) is -11.1. The molecule has 0 aliphatic heterocycles. The summed E-state index contributed by atoms with van der Waals surface area (Å²) in [6, 6.07) is 0. The average Bonchev–Trinajstić information content (AvgIpc) is 2.89. The minimum atomic E-state index is -6.09. The zero-order chi connectivity index (χ0) is 34.6. The molecule has 0 radical (unpaired) electrons. The van der Waals surface area contributed by atoms with Crippen LogP contribution in [0.4, 0.5) is 22.0 Å². The van der Waals surface area contributed by atoms with Gasteiger partial charge in [0.2, 0.25) is 0 Å². The van der Waals surface area contributed by atoms with Crippen LogP contribution >= 0.6 is 0 Å². The van der Waals surface area contributed by atoms with Crippen LogP contribution in [-0.4, -0.2) is 74.2 Å². The van der Waals surface area contributed by atoms with Crippen LogP contribution in [0.25, 0.3) is 0 Å². The van der Waals surface area contributed by atoms with Gasteiger partial charge < -0.3 is 18.6 Å². The van der Waals surface area contributed by atoms with Crippen molar-refractivity contribution >= 4 is 32.2 Å². The first kappa shape index (κ1) is 36.7. The zero-order valence-corrected chi connectivity index (χ0v) is 27.5. The highest BCUT2D eigenvalue weighted by Gasteiger charge is 2.57. The molecule has 0 aromatic carbocycles. The van der Waals surface area contributed by atoms with Crippen LogP contribution in [0.2, 0.25) is 0 Å². The predicted octanol–water partition coefficient (Wildman–Crippen LogP) is 4.93. The van der Waals surface area contributed by atoms with Crippen LogP contribution in [0.1, 0.15) is 89.9 Å². The van der Waals surface area contributed by atoms with Gasteiger partial charge in [0.05, 0.1) is 24.0 Å². The van der Waals surface area contributed by atoms with Gasteiger partial charge in [0, 0.05) is 12.8 Å². The Hall–Kier alpha value is -1.59. The van der Waals surface area contributed by atoms with Crippen molar-refractivity contribution in [3.8, 4) is 0 Å². The van der Waals surface area contributed by atoms with E-state index < -0.39 is 92.2 Å². The standard InChI is InChI=1S/C15H21F3O5S.C15H22F2O5S/c16-12(15(17,18)24(20,21)22)1-2-23-13(19)14-6-9-3-10(7-14)5-11(4-9)8-14;16-15(17,9-23(19,20)21)1-2-22-13(18)14-6-10-3-11(7-14)5-12(4-10)8-14/h9-12H,1-8H2,(H,20,21,22);10-12H,1-9H2,(H,19,20,21)/p-2. The van der Waals surface area contributed by atoms with E-state index in [-0.39, 0.29) is 0 Å². The van der Waals surface area contributed by atoms with Gasteiger partial charge in [-0.25, -0.2) is 30.0 Å². The highest BCUT2D eigenvalue weighted by atomic mass is 32.2. The molecule has 0 amide bonds. The summed E-state index contributed by atoms with van der Waals surface area (Å²) in [5, 5.41) is -5.01. The average molecular weight is 721 g/mol. The number of halogens is 5. The third-order valence-electron chi connectivity index (χ3n) is 11.3. The van der Waals surface area contributed by atoms with Gasteiger partial charge >= 0.3 is 17.2 Å². The SMILES string of the molecule is O=C(OCCC(F)(F)CS(=O)(=O)[O-])C12CC3CC(CC(C3)C1)C2.O=C(OCCC(F)C(F)(F)S(=O)(=O)[O-])C12CC3CC(CC(C3)C1)C2. The van der Waals surface area contributed by atoms with Gasteiger partial charge in [0.25, 0.3) is 5.92 Å². The number of alkyl halides is 5. The Morgan fingerprint density at radius 3 is 1.34 bits per heavy atom. The topological polar surface area (TPSA) is 167 Å². The molecule has 270 valence electrons. The second kappa shape index (κ2) is 12.9. The van der Waals surface area contributed by atoms with E-state index >= 15 is 0 Å². The van der Waals surface area contributed by atoms with Crippen molar-refractivity contribution in [2.24, 2.45) is 46.3 Å². The molecule has 0 saturated heterocycles. The van der Waals surface area contributed by atoms with Crippen molar-refractivity contribution in [1.82, 2.24) is 0 Å². The fraction of sp³-hybridized carbons (Fsp3) is 0.933. The summed E-state index contributed by atoms with van der Waals surface area (Å²) in [5.74, 6) is -3.23. The molecule has 0 spiro atoms. The van der Waals surface area contributed by atoms with E-state index in [1.165, 1.54) is 0 Å². The van der Waals surface area contributed by atoms with Gasteiger partial charge in [0.1, 0.15) is 15.9 Å². The van der Waals surface area contributed by atoms with Crippen LogP contribution in [0.5, 0.6) is 0 Å². The molecule has 8 aliphatic carbocycles. The number of rotatable bonds is 12. The maximum Gasteiger partial charge on any atom is 0.364 e. The summed E-state index contributed by atoms with van der Waals surface area (Å²) in [5.41, 5.74) is -1.11. The number of hydrogen-bond donors (Lipinski definition) is 0. The Morgan fingerprint density at radius 2 is 1.02 bits per heavy atom. The molecule has 8 fully saturated rings. The van der Waals surface area contributed by atoms with Crippen LogP contribution < -0.4 is 0 Å². The molecular formula is C30H41F5O10S2-2. The highest BCUT2D eigenvalue weighted by Crippen LogP contribution is 2.61. The minimum Gasteiger partial charge on any atom is -0.748 e. The lowest BCUT2D eigenvalue weighted by molar-refractivity contribution is -0.173. The molecule has 8 aliphatic rings. The summed E-state index contributed by atoms with van der Waals surface area (Å²) >= 11 is 0. The maximum absolute atomic E-state index is 13.4. The number of hydrogen-bond acceptors (Lipinski definition) is 10. The second-order valence-corrected chi connectivity index (χ2v) is 18.1. The minimum absolute atomic E-state index is 0.419. The Kier molecular flexibility index (Phi) is 10.1. The molecule has 0 N–H and O–H groups in total. The van der Waals surface area contributed by atoms with Gasteiger partial charge in [0.15, 0.2) is 16.3 Å². The molecule has 47 heavy (non-hydrogen) atoms. The van der Waals surface area contributed by atoms with Crippen LogP contribution in [0, 0.1) is 46.3 Å². The quantitative estimate of drug-likeness (QED) is 0.153. The van der Waals surface area contributed by atoms with E-state index in [1.54, 1.807) is 0 Å². The molecule has 1 unspecified atom stereocenters. The van der Waals surface area contributed by atoms with Gasteiger partial charge in [-0.1, -0.05) is 0 Å². The summed E-state index contributed by atoms with van der Waals surface area (Å²) in [4.78, 5) is 24.8. The molecule has 10 nitrogen and oxygen atoms in total. The fourth-order valence-corrected chi connectivity index (χ4v) is 11.3. The van der Waals surface area contributed by atoms with E-state index in [2.05, 4.69) is 0 Å². The zero-order valence-electron chi connectivity index (χ0n) is 25.9. The van der Waals surface area contributed by atoms with Crippen LogP contribution in [0.3, 0.4) is 0 Å². The molecule has 17 heteroatoms. The van der Waals surface area contributed by atoms with Crippen LogP contribution in [0.15, 0.2) is 0 Å². The molecule has 0 aromatic heterocycles. The number of ether oxygens (including phenoxy) is 2. The third kappa shape index (κ3) is 8.25. The van der Waals surface area contributed by atoms with E-state index in [4.69, 9.17) is 9.47 Å².